The molecule has 2 aliphatic rings. The minimum atomic E-state index is -0.243. The van der Waals surface area contributed by atoms with Crippen molar-refractivity contribution in [1.29, 1.82) is 0 Å². The SMILES string of the molecule is Cc1cc(C)c(N2CC(C(=O)N3CCC(N)C3)CC2=O)c(C)c1. The molecular weight excluding hydrogens is 290 g/mol. The fourth-order valence-corrected chi connectivity index (χ4v) is 3.93. The Balaban J connectivity index is 1.79. The molecule has 0 spiro atoms. The molecule has 0 saturated carbocycles. The van der Waals surface area contributed by atoms with Crippen LogP contribution >= 0.6 is 0 Å². The molecule has 5 nitrogen and oxygen atoms in total. The minimum Gasteiger partial charge on any atom is -0.341 e. The van der Waals surface area contributed by atoms with Gasteiger partial charge in [0.15, 0.2) is 0 Å². The number of nitrogens with zero attached hydrogens (tertiary/aromatic N) is 2. The average Bonchev–Trinajstić information content (AvgIpc) is 3.04. The molecule has 2 amide bonds. The van der Waals surface area contributed by atoms with E-state index in [1.54, 1.807) is 4.90 Å². The predicted octanol–water partition coefficient (Wildman–Crippen LogP) is 1.52. The largest absolute Gasteiger partial charge is 0.341 e. The normalized spacial score (nSPS) is 24.6. The third-order valence-corrected chi connectivity index (χ3v) is 4.92. The van der Waals surface area contributed by atoms with Gasteiger partial charge in [-0.05, 0) is 38.3 Å². The summed E-state index contributed by atoms with van der Waals surface area (Å²) in [5.41, 5.74) is 10.2. The summed E-state index contributed by atoms with van der Waals surface area (Å²) in [6.45, 7) is 7.92. The first-order chi connectivity index (χ1) is 10.9. The summed E-state index contributed by atoms with van der Waals surface area (Å²) >= 11 is 0. The lowest BCUT2D eigenvalue weighted by atomic mass is 10.0. The van der Waals surface area contributed by atoms with E-state index in [1.165, 1.54) is 5.56 Å². The van der Waals surface area contributed by atoms with Gasteiger partial charge < -0.3 is 15.5 Å². The van der Waals surface area contributed by atoms with Gasteiger partial charge in [-0.2, -0.15) is 0 Å². The Labute approximate surface area is 137 Å². The number of carbonyl (C=O) groups excluding carboxylic acids is 2. The lowest BCUT2D eigenvalue weighted by molar-refractivity contribution is -0.134. The first-order valence-corrected chi connectivity index (χ1v) is 8.29. The maximum absolute atomic E-state index is 12.6. The molecule has 0 aromatic heterocycles. The summed E-state index contributed by atoms with van der Waals surface area (Å²) in [7, 11) is 0. The van der Waals surface area contributed by atoms with Crippen LogP contribution in [0.15, 0.2) is 12.1 Å². The molecule has 2 heterocycles. The molecule has 2 unspecified atom stereocenters. The number of hydrogen-bond acceptors (Lipinski definition) is 3. The summed E-state index contributed by atoms with van der Waals surface area (Å²) in [5, 5.41) is 0. The minimum absolute atomic E-state index is 0.0434. The van der Waals surface area contributed by atoms with Crippen molar-refractivity contribution >= 4 is 17.5 Å². The van der Waals surface area contributed by atoms with Crippen LogP contribution < -0.4 is 10.6 Å². The van der Waals surface area contributed by atoms with Gasteiger partial charge in [0.05, 0.1) is 5.92 Å². The van der Waals surface area contributed by atoms with Crippen molar-refractivity contribution in [3.05, 3.63) is 28.8 Å². The van der Waals surface area contributed by atoms with Crippen LogP contribution in [0.1, 0.15) is 29.5 Å². The van der Waals surface area contributed by atoms with Crippen molar-refractivity contribution in [3.8, 4) is 0 Å². The molecule has 0 radical (unpaired) electrons. The van der Waals surface area contributed by atoms with E-state index in [1.807, 2.05) is 18.7 Å². The fraction of sp³-hybridized carbons (Fsp3) is 0.556. The van der Waals surface area contributed by atoms with Gasteiger partial charge in [-0.1, -0.05) is 17.7 Å². The van der Waals surface area contributed by atoms with E-state index in [4.69, 9.17) is 5.73 Å². The van der Waals surface area contributed by atoms with E-state index >= 15 is 0 Å². The molecule has 2 aliphatic heterocycles. The van der Waals surface area contributed by atoms with Gasteiger partial charge in [0.25, 0.3) is 0 Å². The Morgan fingerprint density at radius 3 is 2.39 bits per heavy atom. The second-order valence-corrected chi connectivity index (χ2v) is 6.99. The van der Waals surface area contributed by atoms with Gasteiger partial charge in [-0.3, -0.25) is 9.59 Å². The lowest BCUT2D eigenvalue weighted by Crippen LogP contribution is -2.37. The Bertz CT molecular complexity index is 633. The first kappa shape index (κ1) is 16.0. The predicted molar refractivity (Wildman–Crippen MR) is 90.3 cm³/mol. The van der Waals surface area contributed by atoms with Crippen molar-refractivity contribution in [2.75, 3.05) is 24.5 Å². The number of anilines is 1. The number of hydrogen-bond donors (Lipinski definition) is 1. The number of aryl methyl sites for hydroxylation is 3. The Morgan fingerprint density at radius 2 is 1.83 bits per heavy atom. The summed E-state index contributed by atoms with van der Waals surface area (Å²) < 4.78 is 0. The maximum atomic E-state index is 12.6. The number of likely N-dealkylation sites (tertiary alicyclic amines) is 1. The first-order valence-electron chi connectivity index (χ1n) is 8.29. The quantitative estimate of drug-likeness (QED) is 0.900. The van der Waals surface area contributed by atoms with E-state index < -0.39 is 0 Å². The number of nitrogens with two attached hydrogens (primary N) is 1. The number of rotatable bonds is 2. The van der Waals surface area contributed by atoms with E-state index in [0.717, 1.165) is 23.2 Å². The summed E-state index contributed by atoms with van der Waals surface area (Å²) in [5.74, 6) is -0.119. The molecule has 1 aromatic carbocycles. The molecule has 2 atom stereocenters. The summed E-state index contributed by atoms with van der Waals surface area (Å²) in [4.78, 5) is 28.7. The topological polar surface area (TPSA) is 66.6 Å². The van der Waals surface area contributed by atoms with Gasteiger partial charge in [0.2, 0.25) is 11.8 Å². The van der Waals surface area contributed by atoms with Crippen molar-refractivity contribution in [1.82, 2.24) is 4.90 Å². The zero-order chi connectivity index (χ0) is 16.7. The monoisotopic (exact) mass is 315 g/mol. The Morgan fingerprint density at radius 1 is 1.17 bits per heavy atom. The van der Waals surface area contributed by atoms with Crippen LogP contribution in [0, 0.1) is 26.7 Å². The fourth-order valence-electron chi connectivity index (χ4n) is 3.93. The lowest BCUT2D eigenvalue weighted by Gasteiger charge is -2.23. The zero-order valence-corrected chi connectivity index (χ0v) is 14.1. The molecule has 0 aliphatic carbocycles. The molecule has 3 rings (SSSR count). The van der Waals surface area contributed by atoms with E-state index in [2.05, 4.69) is 19.1 Å². The van der Waals surface area contributed by atoms with Crippen LogP contribution in [0.5, 0.6) is 0 Å². The highest BCUT2D eigenvalue weighted by atomic mass is 16.2. The molecule has 1 aromatic rings. The molecule has 5 heteroatoms. The summed E-state index contributed by atoms with van der Waals surface area (Å²) in [6.07, 6.45) is 1.16. The highest BCUT2D eigenvalue weighted by Gasteiger charge is 2.39. The Kier molecular flexibility index (Phi) is 4.15. The van der Waals surface area contributed by atoms with Crippen LogP contribution in [0.25, 0.3) is 0 Å². The van der Waals surface area contributed by atoms with Gasteiger partial charge in [0.1, 0.15) is 0 Å². The molecule has 23 heavy (non-hydrogen) atoms. The number of amides is 2. The molecule has 2 fully saturated rings. The molecule has 124 valence electrons. The van der Waals surface area contributed by atoms with Crippen molar-refractivity contribution in [3.63, 3.8) is 0 Å². The second kappa shape index (κ2) is 5.96. The van der Waals surface area contributed by atoms with E-state index in [9.17, 15) is 9.59 Å². The van der Waals surface area contributed by atoms with Crippen LogP contribution in [-0.2, 0) is 9.59 Å². The van der Waals surface area contributed by atoms with Gasteiger partial charge >= 0.3 is 0 Å². The van der Waals surface area contributed by atoms with Crippen LogP contribution in [0.2, 0.25) is 0 Å². The number of benzene rings is 1. The Hall–Kier alpha value is -1.88. The molecule has 2 N–H and O–H groups in total. The van der Waals surface area contributed by atoms with Gasteiger partial charge in [0, 0.05) is 37.8 Å². The second-order valence-electron chi connectivity index (χ2n) is 6.99. The summed E-state index contributed by atoms with van der Waals surface area (Å²) in [6, 6.07) is 4.25. The smallest absolute Gasteiger partial charge is 0.228 e. The zero-order valence-electron chi connectivity index (χ0n) is 14.1. The van der Waals surface area contributed by atoms with E-state index in [0.29, 0.717) is 26.1 Å². The molecular formula is C18H25N3O2. The van der Waals surface area contributed by atoms with Crippen molar-refractivity contribution < 1.29 is 9.59 Å². The van der Waals surface area contributed by atoms with Crippen LogP contribution in [0.4, 0.5) is 5.69 Å². The third kappa shape index (κ3) is 2.98. The van der Waals surface area contributed by atoms with Gasteiger partial charge in [-0.15, -0.1) is 0 Å². The highest BCUT2D eigenvalue weighted by Crippen LogP contribution is 2.32. The molecule has 2 saturated heterocycles. The van der Waals surface area contributed by atoms with Crippen LogP contribution in [0.3, 0.4) is 0 Å². The number of carbonyl (C=O) groups is 2. The standard InChI is InChI=1S/C18H25N3O2/c1-11-6-12(2)17(13(3)7-11)21-9-14(8-16(21)22)18(23)20-5-4-15(19)10-20/h6-7,14-15H,4-5,8-10,19H2,1-3H3. The van der Waals surface area contributed by atoms with Gasteiger partial charge in [-0.25, -0.2) is 0 Å². The van der Waals surface area contributed by atoms with Crippen molar-refractivity contribution in [2.24, 2.45) is 11.7 Å². The van der Waals surface area contributed by atoms with Crippen LogP contribution in [-0.4, -0.2) is 42.4 Å². The highest BCUT2D eigenvalue weighted by molar-refractivity contribution is 6.01. The third-order valence-electron chi connectivity index (χ3n) is 4.92. The average molecular weight is 315 g/mol. The van der Waals surface area contributed by atoms with Crippen molar-refractivity contribution in [2.45, 2.75) is 39.7 Å². The molecule has 0 bridgehead atoms. The van der Waals surface area contributed by atoms with E-state index in [-0.39, 0.29) is 23.8 Å². The maximum Gasteiger partial charge on any atom is 0.228 e.